The van der Waals surface area contributed by atoms with E-state index < -0.39 is 0 Å². The van der Waals surface area contributed by atoms with Crippen LogP contribution in [0.3, 0.4) is 0 Å². The molecule has 1 amide bonds. The Bertz CT molecular complexity index is 1270. The van der Waals surface area contributed by atoms with Crippen LogP contribution in [0.15, 0.2) is 60.1 Å². The largest absolute Gasteiger partial charge is 0.298 e. The van der Waals surface area contributed by atoms with Crippen molar-refractivity contribution in [3.63, 3.8) is 0 Å². The van der Waals surface area contributed by atoms with E-state index in [0.717, 1.165) is 12.0 Å². The van der Waals surface area contributed by atoms with Gasteiger partial charge in [-0.2, -0.15) is 5.10 Å². The van der Waals surface area contributed by atoms with Crippen LogP contribution in [0.25, 0.3) is 11.4 Å². The average molecular weight is 448 g/mol. The van der Waals surface area contributed by atoms with Crippen LogP contribution in [0.5, 0.6) is 0 Å². The highest BCUT2D eigenvalue weighted by atomic mass is 35.5. The summed E-state index contributed by atoms with van der Waals surface area (Å²) in [7, 11) is 0. The molecule has 0 aliphatic rings. The summed E-state index contributed by atoms with van der Waals surface area (Å²) in [4.78, 5) is 21.7. The molecule has 0 aliphatic heterocycles. The maximum Gasteiger partial charge on any atom is 0.262 e. The molecule has 6 nitrogen and oxygen atoms in total. The lowest BCUT2D eigenvalue weighted by molar-refractivity contribution is 0.102. The molecule has 3 aromatic heterocycles. The molecular formula is C23H18ClN5OS. The zero-order chi connectivity index (χ0) is 21.6. The first-order valence-electron chi connectivity index (χ1n) is 9.62. The van der Waals surface area contributed by atoms with E-state index in [1.54, 1.807) is 4.68 Å². The number of aromatic nitrogens is 4. The van der Waals surface area contributed by atoms with Gasteiger partial charge < -0.3 is 0 Å². The van der Waals surface area contributed by atoms with Gasteiger partial charge in [0.05, 0.1) is 24.0 Å². The summed E-state index contributed by atoms with van der Waals surface area (Å²) in [5, 5.41) is 9.61. The number of benzene rings is 1. The standard InChI is InChI=1S/C23H18ClN5OS/c1-2-3-10-17-11-7-12-19(26-17)20-15-31-23(27-20)28-22(30)18-13-25-29(21(18)24)14-16-8-5-4-6-9-16/h4-9,11-13,15H,2,14H2,1H3,(H,27,28,30). The van der Waals surface area contributed by atoms with Crippen LogP contribution in [-0.2, 0) is 6.54 Å². The minimum Gasteiger partial charge on any atom is -0.298 e. The molecule has 0 fully saturated rings. The van der Waals surface area contributed by atoms with Gasteiger partial charge in [0.25, 0.3) is 5.91 Å². The van der Waals surface area contributed by atoms with Crippen molar-refractivity contribution in [1.82, 2.24) is 19.7 Å². The number of nitrogens with one attached hydrogen (secondary N) is 1. The minimum atomic E-state index is -0.360. The van der Waals surface area contributed by atoms with Gasteiger partial charge in [-0.3, -0.25) is 10.1 Å². The van der Waals surface area contributed by atoms with Crippen LogP contribution in [0.2, 0.25) is 5.15 Å². The van der Waals surface area contributed by atoms with Crippen LogP contribution >= 0.6 is 22.9 Å². The highest BCUT2D eigenvalue weighted by Crippen LogP contribution is 2.25. The Balaban J connectivity index is 1.47. The topological polar surface area (TPSA) is 72.7 Å². The zero-order valence-electron chi connectivity index (χ0n) is 16.7. The number of carbonyl (C=O) groups is 1. The molecule has 0 radical (unpaired) electrons. The van der Waals surface area contributed by atoms with Crippen LogP contribution < -0.4 is 5.32 Å². The van der Waals surface area contributed by atoms with Crippen LogP contribution in [0, 0.1) is 11.8 Å². The number of thiazole rings is 1. The van der Waals surface area contributed by atoms with Crippen LogP contribution in [-0.4, -0.2) is 25.7 Å². The fourth-order valence-electron chi connectivity index (χ4n) is 2.83. The van der Waals surface area contributed by atoms with E-state index in [4.69, 9.17) is 11.6 Å². The summed E-state index contributed by atoms with van der Waals surface area (Å²) in [5.74, 6) is 5.66. The van der Waals surface area contributed by atoms with Gasteiger partial charge in [-0.1, -0.05) is 60.8 Å². The Hall–Kier alpha value is -3.47. The van der Waals surface area contributed by atoms with Gasteiger partial charge in [0, 0.05) is 11.8 Å². The summed E-state index contributed by atoms with van der Waals surface area (Å²) in [6.45, 7) is 2.47. The van der Waals surface area contributed by atoms with Gasteiger partial charge in [-0.25, -0.2) is 14.6 Å². The van der Waals surface area contributed by atoms with Crippen LogP contribution in [0.4, 0.5) is 5.13 Å². The molecular weight excluding hydrogens is 430 g/mol. The Kier molecular flexibility index (Phi) is 6.41. The molecule has 0 spiro atoms. The lowest BCUT2D eigenvalue weighted by atomic mass is 10.2. The molecule has 8 heteroatoms. The third kappa shape index (κ3) is 5.00. The number of hydrogen-bond donors (Lipinski definition) is 1. The number of carbonyl (C=O) groups excluding carboxylic acids is 1. The molecule has 31 heavy (non-hydrogen) atoms. The van der Waals surface area contributed by atoms with E-state index in [-0.39, 0.29) is 11.1 Å². The Labute approximate surface area is 188 Å². The average Bonchev–Trinajstić information content (AvgIpc) is 3.40. The van der Waals surface area contributed by atoms with Crippen molar-refractivity contribution in [3.8, 4) is 23.2 Å². The van der Waals surface area contributed by atoms with Gasteiger partial charge in [0.2, 0.25) is 0 Å². The zero-order valence-corrected chi connectivity index (χ0v) is 18.2. The summed E-state index contributed by atoms with van der Waals surface area (Å²) in [5.41, 5.74) is 3.40. The molecule has 154 valence electrons. The van der Waals surface area contributed by atoms with Crippen molar-refractivity contribution < 1.29 is 4.79 Å². The number of nitrogens with zero attached hydrogens (tertiary/aromatic N) is 4. The second-order valence-electron chi connectivity index (χ2n) is 6.55. The third-order valence-corrected chi connectivity index (χ3v) is 5.48. The number of hydrogen-bond acceptors (Lipinski definition) is 5. The van der Waals surface area contributed by atoms with Crippen molar-refractivity contribution in [1.29, 1.82) is 0 Å². The van der Waals surface area contributed by atoms with Gasteiger partial charge in [-0.05, 0) is 23.6 Å². The lowest BCUT2D eigenvalue weighted by Crippen LogP contribution is -2.12. The minimum absolute atomic E-state index is 0.280. The van der Waals surface area contributed by atoms with E-state index >= 15 is 0 Å². The number of amides is 1. The molecule has 1 aromatic carbocycles. The highest BCUT2D eigenvalue weighted by Gasteiger charge is 2.18. The molecule has 0 saturated heterocycles. The molecule has 0 bridgehead atoms. The first kappa shape index (κ1) is 20.8. The summed E-state index contributed by atoms with van der Waals surface area (Å²) >= 11 is 7.71. The Morgan fingerprint density at radius 1 is 1.13 bits per heavy atom. The van der Waals surface area contributed by atoms with E-state index in [1.807, 2.05) is 60.8 Å². The molecule has 0 unspecified atom stereocenters. The summed E-state index contributed by atoms with van der Waals surface area (Å²) in [6, 6.07) is 15.4. The molecule has 0 aliphatic carbocycles. The van der Waals surface area contributed by atoms with Crippen molar-refractivity contribution in [2.75, 3.05) is 5.32 Å². The number of halogens is 1. The first-order valence-corrected chi connectivity index (χ1v) is 10.9. The summed E-state index contributed by atoms with van der Waals surface area (Å²) < 4.78 is 1.59. The quantitative estimate of drug-likeness (QED) is 0.431. The lowest BCUT2D eigenvalue weighted by Gasteiger charge is -2.04. The predicted octanol–water partition coefficient (Wildman–Crippen LogP) is 5.12. The van der Waals surface area contributed by atoms with Crippen molar-refractivity contribution in [3.05, 3.63) is 82.1 Å². The van der Waals surface area contributed by atoms with E-state index in [2.05, 4.69) is 32.2 Å². The molecule has 4 aromatic rings. The van der Waals surface area contributed by atoms with E-state index in [1.165, 1.54) is 17.5 Å². The van der Waals surface area contributed by atoms with Gasteiger partial charge >= 0.3 is 0 Å². The second-order valence-corrected chi connectivity index (χ2v) is 7.76. The van der Waals surface area contributed by atoms with Crippen molar-refractivity contribution in [2.24, 2.45) is 0 Å². The SMILES string of the molecule is CCC#Cc1cccc(-c2csc(NC(=O)c3cnn(Cc4ccccc4)c3Cl)n2)n1. The number of anilines is 1. The number of pyridine rings is 1. The molecule has 4 rings (SSSR count). The highest BCUT2D eigenvalue weighted by molar-refractivity contribution is 7.14. The third-order valence-electron chi connectivity index (χ3n) is 4.32. The van der Waals surface area contributed by atoms with Crippen molar-refractivity contribution in [2.45, 2.75) is 19.9 Å². The summed E-state index contributed by atoms with van der Waals surface area (Å²) in [6.07, 6.45) is 2.23. The molecule has 1 N–H and O–H groups in total. The monoisotopic (exact) mass is 447 g/mol. The second kappa shape index (κ2) is 9.56. The van der Waals surface area contributed by atoms with E-state index in [9.17, 15) is 4.79 Å². The Morgan fingerprint density at radius 2 is 1.97 bits per heavy atom. The fraction of sp³-hybridized carbons (Fsp3) is 0.130. The Morgan fingerprint density at radius 3 is 2.77 bits per heavy atom. The maximum atomic E-state index is 12.7. The maximum absolute atomic E-state index is 12.7. The molecule has 3 heterocycles. The van der Waals surface area contributed by atoms with Gasteiger partial charge in [-0.15, -0.1) is 11.3 Å². The predicted molar refractivity (Wildman–Crippen MR) is 123 cm³/mol. The van der Waals surface area contributed by atoms with Crippen molar-refractivity contribution >= 4 is 34.0 Å². The van der Waals surface area contributed by atoms with Crippen LogP contribution in [0.1, 0.15) is 35.0 Å². The molecule has 0 saturated carbocycles. The van der Waals surface area contributed by atoms with Gasteiger partial charge in [0.15, 0.2) is 5.13 Å². The molecule has 0 atom stereocenters. The van der Waals surface area contributed by atoms with E-state index in [0.29, 0.717) is 34.3 Å². The normalized spacial score (nSPS) is 10.4. The first-order chi connectivity index (χ1) is 15.1. The smallest absolute Gasteiger partial charge is 0.262 e. The number of rotatable bonds is 5. The van der Waals surface area contributed by atoms with Gasteiger partial charge in [0.1, 0.15) is 16.5 Å². The fourth-order valence-corrected chi connectivity index (χ4v) is 3.77.